The van der Waals surface area contributed by atoms with Gasteiger partial charge in [0.05, 0.1) is 11.8 Å². The highest BCUT2D eigenvalue weighted by Gasteiger charge is 2.54. The van der Waals surface area contributed by atoms with Crippen LogP contribution in [0.3, 0.4) is 0 Å². The number of rotatable bonds is 4. The molecule has 0 radical (unpaired) electrons. The number of furan rings is 1. The van der Waals surface area contributed by atoms with Gasteiger partial charge in [0.15, 0.2) is 0 Å². The fraction of sp³-hybridized carbons (Fsp3) is 0.409. The molecule has 2 aliphatic rings. The van der Waals surface area contributed by atoms with Crippen molar-refractivity contribution in [3.63, 3.8) is 0 Å². The number of benzene rings is 1. The number of nitrogens with one attached hydrogen (secondary N) is 1. The summed E-state index contributed by atoms with van der Waals surface area (Å²) in [5.41, 5.74) is 2.46. The number of carboxylic acid groups (broad SMARTS) is 1. The van der Waals surface area contributed by atoms with Crippen molar-refractivity contribution in [3.8, 4) is 0 Å². The topological polar surface area (TPSA) is 136 Å². The predicted octanol–water partition coefficient (Wildman–Crippen LogP) is 1.03. The molecule has 0 unspecified atom stereocenters. The van der Waals surface area contributed by atoms with Crippen molar-refractivity contribution >= 4 is 29.3 Å². The molecular weight excluding hydrogens is 428 g/mol. The van der Waals surface area contributed by atoms with Crippen molar-refractivity contribution in [1.82, 2.24) is 30.1 Å². The molecule has 33 heavy (non-hydrogen) atoms. The average Bonchev–Trinajstić information content (AvgIpc) is 3.55. The second-order valence-electron chi connectivity index (χ2n) is 8.81. The van der Waals surface area contributed by atoms with E-state index in [1.807, 2.05) is 30.0 Å². The Bertz CT molecular complexity index is 1140. The van der Waals surface area contributed by atoms with Gasteiger partial charge in [-0.2, -0.15) is 15.4 Å². The second-order valence-corrected chi connectivity index (χ2v) is 8.81. The summed E-state index contributed by atoms with van der Waals surface area (Å²) in [6.45, 7) is 3.11. The molecule has 2 N–H and O–H groups in total. The molecule has 0 aliphatic carbocycles. The number of carbonyl (C=O) groups excluding carboxylic acids is 2. The van der Waals surface area contributed by atoms with E-state index in [0.717, 1.165) is 12.1 Å². The number of aromatic amines is 1. The average molecular weight is 454 g/mol. The minimum atomic E-state index is -0.250. The Morgan fingerprint density at radius 2 is 1.79 bits per heavy atom. The third kappa shape index (κ3) is 4.31. The SMILES string of the molecule is CN(C)C[C@@]12CN(C(=O)c3ccoc3)C[C@@H]1CN(C(=O)c1ccc3n[nH]nc3c1)C2.O=CO. The van der Waals surface area contributed by atoms with E-state index in [0.29, 0.717) is 42.8 Å². The van der Waals surface area contributed by atoms with Gasteiger partial charge in [0, 0.05) is 49.6 Å². The molecule has 11 heteroatoms. The zero-order valence-corrected chi connectivity index (χ0v) is 18.5. The van der Waals surface area contributed by atoms with Gasteiger partial charge >= 0.3 is 0 Å². The number of fused-ring (bicyclic) bond motifs is 2. The lowest BCUT2D eigenvalue weighted by Crippen LogP contribution is -2.43. The van der Waals surface area contributed by atoms with Crippen LogP contribution in [0.2, 0.25) is 0 Å². The highest BCUT2D eigenvalue weighted by atomic mass is 16.3. The molecule has 0 spiro atoms. The van der Waals surface area contributed by atoms with E-state index in [1.54, 1.807) is 18.2 Å². The molecule has 2 saturated heterocycles. The van der Waals surface area contributed by atoms with Gasteiger partial charge in [0.2, 0.25) is 0 Å². The molecule has 3 aromatic rings. The number of aromatic nitrogens is 3. The van der Waals surface area contributed by atoms with E-state index in [1.165, 1.54) is 12.5 Å². The molecule has 11 nitrogen and oxygen atoms in total. The fourth-order valence-corrected chi connectivity index (χ4v) is 5.07. The highest BCUT2D eigenvalue weighted by molar-refractivity contribution is 5.97. The Morgan fingerprint density at radius 1 is 1.15 bits per heavy atom. The molecule has 2 amide bonds. The molecule has 2 fully saturated rings. The fourth-order valence-electron chi connectivity index (χ4n) is 5.07. The number of amides is 2. The second kappa shape index (κ2) is 9.02. The Balaban J connectivity index is 0.000000821. The zero-order chi connectivity index (χ0) is 23.6. The molecule has 5 rings (SSSR count). The molecule has 2 aliphatic heterocycles. The number of likely N-dealkylation sites (tertiary alicyclic amines) is 2. The molecule has 2 atom stereocenters. The van der Waals surface area contributed by atoms with E-state index in [2.05, 4.69) is 20.3 Å². The Kier molecular flexibility index (Phi) is 6.14. The van der Waals surface area contributed by atoms with Gasteiger partial charge in [-0.25, -0.2) is 0 Å². The molecule has 0 saturated carbocycles. The van der Waals surface area contributed by atoms with E-state index >= 15 is 0 Å². The molecule has 1 aromatic carbocycles. The number of carbonyl (C=O) groups is 3. The quantitative estimate of drug-likeness (QED) is 0.558. The van der Waals surface area contributed by atoms with Crippen LogP contribution < -0.4 is 0 Å². The van der Waals surface area contributed by atoms with Gasteiger partial charge < -0.3 is 24.2 Å². The van der Waals surface area contributed by atoms with E-state index in [9.17, 15) is 9.59 Å². The minimum Gasteiger partial charge on any atom is -0.483 e. The lowest BCUT2D eigenvalue weighted by atomic mass is 9.80. The maximum atomic E-state index is 13.2. The first kappa shape index (κ1) is 22.5. The van der Waals surface area contributed by atoms with Gasteiger partial charge in [0.25, 0.3) is 18.3 Å². The van der Waals surface area contributed by atoms with E-state index in [4.69, 9.17) is 14.3 Å². The van der Waals surface area contributed by atoms with Crippen LogP contribution in [0, 0.1) is 11.3 Å². The van der Waals surface area contributed by atoms with Crippen molar-refractivity contribution < 1.29 is 23.9 Å². The van der Waals surface area contributed by atoms with Crippen LogP contribution in [-0.4, -0.2) is 100 Å². The van der Waals surface area contributed by atoms with E-state index in [-0.39, 0.29) is 29.6 Å². The largest absolute Gasteiger partial charge is 0.483 e. The summed E-state index contributed by atoms with van der Waals surface area (Å²) in [4.78, 5) is 40.4. The predicted molar refractivity (Wildman–Crippen MR) is 118 cm³/mol. The van der Waals surface area contributed by atoms with Gasteiger partial charge in [-0.1, -0.05) is 0 Å². The minimum absolute atomic E-state index is 0.000132. The standard InChI is InChI=1S/C21H24N6O3.CH2O2/c1-25(2)11-21-12-26(19(28)14-3-4-17-18(7-14)23-24-22-17)8-16(21)9-27(13-21)20(29)15-5-6-30-10-15;2-1-3/h3-7,10,16H,8-9,11-13H2,1-2H3,(H,22,23,24);1H,(H,2,3)/t16-,21+;/m0./s1. The lowest BCUT2D eigenvalue weighted by Gasteiger charge is -2.32. The Hall–Kier alpha value is -3.73. The first-order chi connectivity index (χ1) is 15.9. The molecule has 4 heterocycles. The summed E-state index contributed by atoms with van der Waals surface area (Å²) in [5.74, 6) is 0.223. The molecular formula is C22H26N6O5. The first-order valence-corrected chi connectivity index (χ1v) is 10.5. The number of hydrogen-bond donors (Lipinski definition) is 2. The number of H-pyrrole nitrogens is 1. The van der Waals surface area contributed by atoms with Crippen LogP contribution in [0.25, 0.3) is 11.0 Å². The van der Waals surface area contributed by atoms with Crippen molar-refractivity contribution in [1.29, 1.82) is 0 Å². The first-order valence-electron chi connectivity index (χ1n) is 10.5. The summed E-state index contributed by atoms with van der Waals surface area (Å²) in [6.07, 6.45) is 3.01. The Morgan fingerprint density at radius 3 is 2.39 bits per heavy atom. The van der Waals surface area contributed by atoms with Crippen LogP contribution in [0.15, 0.2) is 41.2 Å². The van der Waals surface area contributed by atoms with Crippen LogP contribution >= 0.6 is 0 Å². The van der Waals surface area contributed by atoms with Crippen molar-refractivity contribution in [2.75, 3.05) is 46.8 Å². The summed E-state index contributed by atoms with van der Waals surface area (Å²) in [6, 6.07) is 7.09. The van der Waals surface area contributed by atoms with Crippen LogP contribution in [0.5, 0.6) is 0 Å². The monoisotopic (exact) mass is 454 g/mol. The van der Waals surface area contributed by atoms with Crippen molar-refractivity contribution in [3.05, 3.63) is 47.9 Å². The third-order valence-electron chi connectivity index (χ3n) is 6.30. The van der Waals surface area contributed by atoms with E-state index < -0.39 is 0 Å². The molecule has 2 aromatic heterocycles. The van der Waals surface area contributed by atoms with Gasteiger partial charge in [0.1, 0.15) is 17.3 Å². The van der Waals surface area contributed by atoms with Crippen LogP contribution in [0.4, 0.5) is 0 Å². The maximum absolute atomic E-state index is 13.2. The lowest BCUT2D eigenvalue weighted by molar-refractivity contribution is -0.122. The maximum Gasteiger partial charge on any atom is 0.290 e. The summed E-state index contributed by atoms with van der Waals surface area (Å²) < 4.78 is 5.08. The highest BCUT2D eigenvalue weighted by Crippen LogP contribution is 2.43. The third-order valence-corrected chi connectivity index (χ3v) is 6.30. The van der Waals surface area contributed by atoms with Gasteiger partial charge in [-0.15, -0.1) is 0 Å². The van der Waals surface area contributed by atoms with Crippen LogP contribution in [0.1, 0.15) is 20.7 Å². The van der Waals surface area contributed by atoms with Crippen LogP contribution in [-0.2, 0) is 4.79 Å². The van der Waals surface area contributed by atoms with Gasteiger partial charge in [-0.3, -0.25) is 14.4 Å². The van der Waals surface area contributed by atoms with Gasteiger partial charge in [-0.05, 0) is 38.4 Å². The van der Waals surface area contributed by atoms with Crippen molar-refractivity contribution in [2.24, 2.45) is 11.3 Å². The van der Waals surface area contributed by atoms with Crippen molar-refractivity contribution in [2.45, 2.75) is 0 Å². The zero-order valence-electron chi connectivity index (χ0n) is 18.5. The molecule has 174 valence electrons. The molecule has 0 bridgehead atoms. The number of hydrogen-bond acceptors (Lipinski definition) is 7. The smallest absolute Gasteiger partial charge is 0.290 e. The summed E-state index contributed by atoms with van der Waals surface area (Å²) in [5, 5.41) is 17.6. The normalized spacial score (nSPS) is 21.7. The summed E-state index contributed by atoms with van der Waals surface area (Å²) in [7, 11) is 4.07. The Labute approximate surface area is 189 Å². The number of nitrogens with zero attached hydrogens (tertiary/aromatic N) is 5. The summed E-state index contributed by atoms with van der Waals surface area (Å²) >= 11 is 0.